The second kappa shape index (κ2) is 7.09. The van der Waals surface area contributed by atoms with Crippen molar-refractivity contribution in [3.05, 3.63) is 29.3 Å². The molecule has 1 aliphatic rings. The summed E-state index contributed by atoms with van der Waals surface area (Å²) in [7, 11) is 0. The second-order valence-corrected chi connectivity index (χ2v) is 6.54. The van der Waals surface area contributed by atoms with Gasteiger partial charge in [-0.3, -0.25) is 4.79 Å². The number of halogens is 1. The molecule has 0 aliphatic carbocycles. The van der Waals surface area contributed by atoms with Crippen molar-refractivity contribution in [1.82, 2.24) is 0 Å². The molecule has 0 aromatic heterocycles. The molecule has 2 atom stereocenters. The van der Waals surface area contributed by atoms with Crippen molar-refractivity contribution < 1.29 is 9.69 Å². The molecule has 0 bridgehead atoms. The quantitative estimate of drug-likeness (QED) is 0.877. The Morgan fingerprint density at radius 2 is 1.95 bits per heavy atom. The number of piperidine rings is 1. The molecule has 4 heteroatoms. The highest BCUT2D eigenvalue weighted by molar-refractivity contribution is 6.33. The van der Waals surface area contributed by atoms with E-state index in [1.807, 2.05) is 18.2 Å². The summed E-state index contributed by atoms with van der Waals surface area (Å²) < 4.78 is 0. The minimum absolute atomic E-state index is 0.0523. The molecule has 3 nitrogen and oxygen atoms in total. The lowest BCUT2D eigenvalue weighted by molar-refractivity contribution is -0.911. The molecule has 1 amide bonds. The number of quaternary nitrogens is 1. The van der Waals surface area contributed by atoms with Crippen LogP contribution in [0.2, 0.25) is 5.02 Å². The van der Waals surface area contributed by atoms with E-state index in [4.69, 9.17) is 11.6 Å². The van der Waals surface area contributed by atoms with Crippen molar-refractivity contribution in [2.45, 2.75) is 26.7 Å². The van der Waals surface area contributed by atoms with Crippen molar-refractivity contribution in [2.24, 2.45) is 11.8 Å². The molecular formula is C16H24ClN2O+. The van der Waals surface area contributed by atoms with Gasteiger partial charge in [-0.1, -0.05) is 37.6 Å². The number of amides is 1. The Kier molecular flexibility index (Phi) is 5.44. The van der Waals surface area contributed by atoms with Gasteiger partial charge in [-0.05, 0) is 18.6 Å². The third kappa shape index (κ3) is 4.50. The number of hydrogen-bond donors (Lipinski definition) is 2. The average Bonchev–Trinajstić information content (AvgIpc) is 2.38. The molecule has 110 valence electrons. The van der Waals surface area contributed by atoms with Gasteiger partial charge in [0, 0.05) is 11.8 Å². The third-order valence-corrected chi connectivity index (χ3v) is 4.26. The average molecular weight is 296 g/mol. The zero-order valence-corrected chi connectivity index (χ0v) is 13.0. The number of carbonyl (C=O) groups excluding carboxylic acids is 1. The first-order chi connectivity index (χ1) is 9.54. The number of likely N-dealkylation sites (tertiary alicyclic amines) is 1. The number of rotatable bonds is 4. The van der Waals surface area contributed by atoms with Gasteiger partial charge in [-0.2, -0.15) is 0 Å². The topological polar surface area (TPSA) is 33.5 Å². The maximum absolute atomic E-state index is 12.0. The fourth-order valence-corrected chi connectivity index (χ4v) is 3.38. The zero-order chi connectivity index (χ0) is 14.5. The van der Waals surface area contributed by atoms with E-state index in [9.17, 15) is 4.79 Å². The Morgan fingerprint density at radius 3 is 2.60 bits per heavy atom. The second-order valence-electron chi connectivity index (χ2n) is 6.13. The van der Waals surface area contributed by atoms with Gasteiger partial charge in [0.15, 0.2) is 0 Å². The van der Waals surface area contributed by atoms with Crippen molar-refractivity contribution in [3.63, 3.8) is 0 Å². The first-order valence-electron chi connectivity index (χ1n) is 7.42. The van der Waals surface area contributed by atoms with Gasteiger partial charge >= 0.3 is 0 Å². The van der Waals surface area contributed by atoms with Gasteiger partial charge in [-0.25, -0.2) is 0 Å². The molecule has 1 saturated heterocycles. The van der Waals surface area contributed by atoms with E-state index in [0.29, 0.717) is 17.1 Å². The number of carbonyl (C=O) groups is 1. The smallest absolute Gasteiger partial charge is 0.230 e. The molecule has 0 unspecified atom stereocenters. The summed E-state index contributed by atoms with van der Waals surface area (Å²) in [6.07, 6.45) is 1.87. The monoisotopic (exact) mass is 295 g/mol. The first kappa shape index (κ1) is 15.3. The van der Waals surface area contributed by atoms with Crippen molar-refractivity contribution in [1.29, 1.82) is 0 Å². The molecule has 0 spiro atoms. The summed E-state index contributed by atoms with van der Waals surface area (Å²) in [6, 6.07) is 7.36. The number of anilines is 1. The predicted molar refractivity (Wildman–Crippen MR) is 83.2 cm³/mol. The molecule has 1 heterocycles. The van der Waals surface area contributed by atoms with Gasteiger partial charge < -0.3 is 10.2 Å². The summed E-state index contributed by atoms with van der Waals surface area (Å²) in [4.78, 5) is 13.5. The van der Waals surface area contributed by atoms with Gasteiger partial charge in [-0.15, -0.1) is 0 Å². The van der Waals surface area contributed by atoms with E-state index in [-0.39, 0.29) is 5.91 Å². The summed E-state index contributed by atoms with van der Waals surface area (Å²) in [5, 5.41) is 3.48. The van der Waals surface area contributed by atoms with Gasteiger partial charge in [0.2, 0.25) is 5.91 Å². The fraction of sp³-hybridized carbons (Fsp3) is 0.562. The molecule has 20 heavy (non-hydrogen) atoms. The molecule has 1 fully saturated rings. The summed E-state index contributed by atoms with van der Waals surface area (Å²) in [6.45, 7) is 7.89. The molecule has 0 radical (unpaired) electrons. The highest BCUT2D eigenvalue weighted by atomic mass is 35.5. The van der Waals surface area contributed by atoms with E-state index in [1.54, 1.807) is 11.0 Å². The Bertz CT molecular complexity index is 454. The lowest BCUT2D eigenvalue weighted by Crippen LogP contribution is -3.14. The molecule has 0 saturated carbocycles. The first-order valence-corrected chi connectivity index (χ1v) is 7.80. The Balaban J connectivity index is 1.79. The third-order valence-electron chi connectivity index (χ3n) is 3.93. The van der Waals surface area contributed by atoms with E-state index >= 15 is 0 Å². The lowest BCUT2D eigenvalue weighted by Gasteiger charge is -2.31. The zero-order valence-electron chi connectivity index (χ0n) is 12.3. The highest BCUT2D eigenvalue weighted by Gasteiger charge is 2.25. The van der Waals surface area contributed by atoms with Crippen LogP contribution in [0.25, 0.3) is 0 Å². The minimum Gasteiger partial charge on any atom is -0.334 e. The van der Waals surface area contributed by atoms with Crippen molar-refractivity contribution in [2.75, 3.05) is 25.0 Å². The van der Waals surface area contributed by atoms with E-state index in [2.05, 4.69) is 19.2 Å². The standard InChI is InChI=1S/C16H23ClN2O/c1-12-9-13(2)11-19(10-12)8-7-16(20)18-15-6-4-3-5-14(15)17/h3-6,12-13H,7-11H2,1-2H3,(H,18,20)/p+1/t12-,13-/m0/s1. The number of benzene rings is 1. The molecule has 1 aromatic carbocycles. The normalized spacial score (nSPS) is 26.2. The van der Waals surface area contributed by atoms with Crippen LogP contribution in [0.5, 0.6) is 0 Å². The summed E-state index contributed by atoms with van der Waals surface area (Å²) in [5.41, 5.74) is 0.703. The minimum atomic E-state index is 0.0523. The van der Waals surface area contributed by atoms with Crippen LogP contribution in [-0.4, -0.2) is 25.5 Å². The fourth-order valence-electron chi connectivity index (χ4n) is 3.19. The van der Waals surface area contributed by atoms with Crippen LogP contribution in [0.15, 0.2) is 24.3 Å². The van der Waals surface area contributed by atoms with Crippen molar-refractivity contribution in [3.8, 4) is 0 Å². The summed E-state index contributed by atoms with van der Waals surface area (Å²) >= 11 is 6.04. The Morgan fingerprint density at radius 1 is 1.30 bits per heavy atom. The maximum atomic E-state index is 12.0. The van der Waals surface area contributed by atoms with Crippen LogP contribution < -0.4 is 10.2 Å². The predicted octanol–water partition coefficient (Wildman–Crippen LogP) is 2.23. The van der Waals surface area contributed by atoms with Crippen LogP contribution in [-0.2, 0) is 4.79 Å². The maximum Gasteiger partial charge on any atom is 0.230 e. The van der Waals surface area contributed by atoms with Crippen LogP contribution in [0.4, 0.5) is 5.69 Å². The largest absolute Gasteiger partial charge is 0.334 e. The van der Waals surface area contributed by atoms with Gasteiger partial charge in [0.05, 0.1) is 36.8 Å². The van der Waals surface area contributed by atoms with E-state index < -0.39 is 0 Å². The molecule has 2 rings (SSSR count). The van der Waals surface area contributed by atoms with Crippen LogP contribution in [0, 0.1) is 11.8 Å². The van der Waals surface area contributed by atoms with Gasteiger partial charge in [0.25, 0.3) is 0 Å². The van der Waals surface area contributed by atoms with Crippen LogP contribution in [0.3, 0.4) is 0 Å². The van der Waals surface area contributed by atoms with Crippen molar-refractivity contribution >= 4 is 23.2 Å². The highest BCUT2D eigenvalue weighted by Crippen LogP contribution is 2.20. The Labute approximate surface area is 126 Å². The van der Waals surface area contributed by atoms with E-state index in [0.717, 1.165) is 18.4 Å². The van der Waals surface area contributed by atoms with Gasteiger partial charge in [0.1, 0.15) is 0 Å². The summed E-state index contributed by atoms with van der Waals surface area (Å²) in [5.74, 6) is 1.58. The SMILES string of the molecule is C[C@H]1C[C@H](C)C[NH+](CCC(=O)Nc2ccccc2Cl)C1. The molecular weight excluding hydrogens is 272 g/mol. The number of para-hydroxylation sites is 1. The van der Waals surface area contributed by atoms with Crippen LogP contribution in [0.1, 0.15) is 26.7 Å². The number of hydrogen-bond acceptors (Lipinski definition) is 1. The molecule has 1 aromatic rings. The lowest BCUT2D eigenvalue weighted by atomic mass is 9.92. The Hall–Kier alpha value is -1.06. The van der Waals surface area contributed by atoms with E-state index in [1.165, 1.54) is 19.5 Å². The number of nitrogens with one attached hydrogen (secondary N) is 2. The molecule has 1 aliphatic heterocycles. The van der Waals surface area contributed by atoms with Crippen LogP contribution >= 0.6 is 11.6 Å². The molecule has 2 N–H and O–H groups in total.